The van der Waals surface area contributed by atoms with E-state index in [9.17, 15) is 0 Å². The lowest BCUT2D eigenvalue weighted by atomic mass is 9.84. The maximum Gasteiger partial charge on any atom is 0.0480 e. The molecule has 1 aromatic rings. The molecule has 3 heteroatoms. The zero-order chi connectivity index (χ0) is 13.5. The van der Waals surface area contributed by atoms with Crippen molar-refractivity contribution in [2.24, 2.45) is 5.41 Å². The van der Waals surface area contributed by atoms with E-state index in [2.05, 4.69) is 31.3 Å². The van der Waals surface area contributed by atoms with Crippen molar-refractivity contribution in [3.8, 4) is 0 Å². The number of rotatable bonds is 2. The van der Waals surface area contributed by atoms with Crippen molar-refractivity contribution in [1.29, 1.82) is 0 Å². The molecule has 0 radical (unpaired) electrons. The highest BCUT2D eigenvalue weighted by Gasteiger charge is 2.39. The van der Waals surface area contributed by atoms with Crippen LogP contribution in [0.5, 0.6) is 0 Å². The first-order valence-electron chi connectivity index (χ1n) is 7.18. The first-order valence-corrected chi connectivity index (χ1v) is 7.56. The van der Waals surface area contributed by atoms with Crippen LogP contribution in [-0.2, 0) is 11.2 Å². The summed E-state index contributed by atoms with van der Waals surface area (Å²) in [7, 11) is 0. The lowest BCUT2D eigenvalue weighted by Crippen LogP contribution is -2.41. The summed E-state index contributed by atoms with van der Waals surface area (Å²) in [6.45, 7) is 6.45. The monoisotopic (exact) mass is 279 g/mol. The lowest BCUT2D eigenvalue weighted by Gasteiger charge is -2.34. The van der Waals surface area contributed by atoms with E-state index in [1.54, 1.807) is 0 Å². The number of hydrogen-bond acceptors (Lipinski definition) is 2. The highest BCUT2D eigenvalue weighted by atomic mass is 35.5. The average Bonchev–Trinajstić information content (AvgIpc) is 2.62. The Kier molecular flexibility index (Phi) is 3.59. The molecule has 0 amide bonds. The second-order valence-electron chi connectivity index (χ2n) is 6.49. The third kappa shape index (κ3) is 2.67. The molecule has 1 unspecified atom stereocenters. The van der Waals surface area contributed by atoms with Gasteiger partial charge in [-0.05, 0) is 47.9 Å². The molecule has 1 heterocycles. The van der Waals surface area contributed by atoms with Crippen molar-refractivity contribution in [1.82, 2.24) is 5.32 Å². The van der Waals surface area contributed by atoms with E-state index in [0.29, 0.717) is 12.1 Å². The zero-order valence-corrected chi connectivity index (χ0v) is 12.5. The van der Waals surface area contributed by atoms with Gasteiger partial charge in [0.2, 0.25) is 0 Å². The molecule has 0 spiro atoms. The van der Waals surface area contributed by atoms with E-state index in [0.717, 1.165) is 37.5 Å². The Labute approximate surface area is 120 Å². The Morgan fingerprint density at radius 2 is 2.00 bits per heavy atom. The van der Waals surface area contributed by atoms with Gasteiger partial charge in [0, 0.05) is 30.3 Å². The number of halogens is 1. The van der Waals surface area contributed by atoms with Crippen molar-refractivity contribution >= 4 is 11.6 Å². The Morgan fingerprint density at radius 1 is 1.26 bits per heavy atom. The molecule has 3 rings (SSSR count). The van der Waals surface area contributed by atoms with Crippen LogP contribution in [0.25, 0.3) is 0 Å². The highest BCUT2D eigenvalue weighted by Crippen LogP contribution is 2.46. The Hall–Kier alpha value is -0.570. The maximum absolute atomic E-state index is 6.18. The quantitative estimate of drug-likeness (QED) is 0.891. The summed E-state index contributed by atoms with van der Waals surface area (Å²) in [5, 5.41) is 4.70. The van der Waals surface area contributed by atoms with Crippen LogP contribution in [0.4, 0.5) is 0 Å². The topological polar surface area (TPSA) is 21.3 Å². The van der Waals surface area contributed by atoms with E-state index in [-0.39, 0.29) is 5.41 Å². The smallest absolute Gasteiger partial charge is 0.0480 e. The largest absolute Gasteiger partial charge is 0.381 e. The van der Waals surface area contributed by atoms with Gasteiger partial charge in [-0.2, -0.15) is 0 Å². The fraction of sp³-hybridized carbons (Fsp3) is 0.625. The summed E-state index contributed by atoms with van der Waals surface area (Å²) in [4.78, 5) is 0. The van der Waals surface area contributed by atoms with Gasteiger partial charge in [-0.3, -0.25) is 0 Å². The van der Waals surface area contributed by atoms with E-state index < -0.39 is 0 Å². The molecule has 1 aliphatic heterocycles. The molecular weight excluding hydrogens is 258 g/mol. The minimum atomic E-state index is 0.255. The third-order valence-corrected chi connectivity index (χ3v) is 4.71. The minimum absolute atomic E-state index is 0.255. The van der Waals surface area contributed by atoms with E-state index in [1.165, 1.54) is 11.1 Å². The van der Waals surface area contributed by atoms with Crippen molar-refractivity contribution in [2.45, 2.75) is 45.2 Å². The van der Waals surface area contributed by atoms with Crippen molar-refractivity contribution in [2.75, 3.05) is 13.2 Å². The number of hydrogen-bond donors (Lipinski definition) is 1. The molecule has 2 nitrogen and oxygen atoms in total. The predicted octanol–water partition coefficient (Wildman–Crippen LogP) is 3.73. The van der Waals surface area contributed by atoms with Crippen LogP contribution in [0.3, 0.4) is 0 Å². The van der Waals surface area contributed by atoms with Gasteiger partial charge in [0.1, 0.15) is 0 Å². The molecule has 1 N–H and O–H groups in total. The molecular formula is C16H22ClNO. The van der Waals surface area contributed by atoms with Crippen LogP contribution in [0, 0.1) is 5.41 Å². The van der Waals surface area contributed by atoms with E-state index in [1.807, 2.05) is 6.07 Å². The lowest BCUT2D eigenvalue weighted by molar-refractivity contribution is 0.0690. The highest BCUT2D eigenvalue weighted by molar-refractivity contribution is 6.30. The standard InChI is InChI=1S/C16H22ClNO/c1-16(2)10-11-3-4-12(17)9-14(11)15(16)18-13-5-7-19-8-6-13/h3-4,9,13,15,18H,5-8,10H2,1-2H3. The molecule has 0 saturated carbocycles. The minimum Gasteiger partial charge on any atom is -0.381 e. The molecule has 2 aliphatic rings. The van der Waals surface area contributed by atoms with Gasteiger partial charge >= 0.3 is 0 Å². The number of ether oxygens (including phenoxy) is 1. The fourth-order valence-corrected chi connectivity index (χ4v) is 3.61. The SMILES string of the molecule is CC1(C)Cc2ccc(Cl)cc2C1NC1CCOCC1. The second-order valence-corrected chi connectivity index (χ2v) is 6.93. The first kappa shape index (κ1) is 13.4. The zero-order valence-electron chi connectivity index (χ0n) is 11.7. The first-order chi connectivity index (χ1) is 9.06. The van der Waals surface area contributed by atoms with Gasteiger partial charge in [0.15, 0.2) is 0 Å². The maximum atomic E-state index is 6.18. The van der Waals surface area contributed by atoms with Crippen LogP contribution in [-0.4, -0.2) is 19.3 Å². The number of benzene rings is 1. The van der Waals surface area contributed by atoms with E-state index in [4.69, 9.17) is 16.3 Å². The summed E-state index contributed by atoms with van der Waals surface area (Å²) in [6.07, 6.45) is 3.35. The molecule has 1 aliphatic carbocycles. The van der Waals surface area contributed by atoms with Gasteiger partial charge in [-0.25, -0.2) is 0 Å². The van der Waals surface area contributed by atoms with Gasteiger partial charge in [-0.15, -0.1) is 0 Å². The molecule has 1 aromatic carbocycles. The Morgan fingerprint density at radius 3 is 2.74 bits per heavy atom. The Bertz CT molecular complexity index is 466. The molecule has 104 valence electrons. The number of fused-ring (bicyclic) bond motifs is 1. The second kappa shape index (κ2) is 5.08. The summed E-state index contributed by atoms with van der Waals surface area (Å²) >= 11 is 6.18. The van der Waals surface area contributed by atoms with Crippen LogP contribution < -0.4 is 5.32 Å². The van der Waals surface area contributed by atoms with E-state index >= 15 is 0 Å². The van der Waals surface area contributed by atoms with Gasteiger partial charge in [0.25, 0.3) is 0 Å². The summed E-state index contributed by atoms with van der Waals surface area (Å²) in [5.74, 6) is 0. The summed E-state index contributed by atoms with van der Waals surface area (Å²) in [5.41, 5.74) is 3.09. The van der Waals surface area contributed by atoms with Gasteiger partial charge in [-0.1, -0.05) is 31.5 Å². The van der Waals surface area contributed by atoms with Crippen molar-refractivity contribution in [3.63, 3.8) is 0 Å². The van der Waals surface area contributed by atoms with Gasteiger partial charge in [0.05, 0.1) is 0 Å². The predicted molar refractivity (Wildman–Crippen MR) is 78.7 cm³/mol. The summed E-state index contributed by atoms with van der Waals surface area (Å²) < 4.78 is 5.44. The van der Waals surface area contributed by atoms with Gasteiger partial charge < -0.3 is 10.1 Å². The molecule has 1 fully saturated rings. The van der Waals surface area contributed by atoms with Crippen molar-refractivity contribution in [3.05, 3.63) is 34.3 Å². The Balaban J connectivity index is 1.84. The summed E-state index contributed by atoms with van der Waals surface area (Å²) in [6, 6.07) is 7.31. The fourth-order valence-electron chi connectivity index (χ4n) is 3.42. The number of nitrogens with one attached hydrogen (secondary N) is 1. The molecule has 1 atom stereocenters. The molecule has 0 bridgehead atoms. The third-order valence-electron chi connectivity index (χ3n) is 4.47. The molecule has 0 aromatic heterocycles. The molecule has 1 saturated heterocycles. The van der Waals surface area contributed by atoms with Crippen molar-refractivity contribution < 1.29 is 4.74 Å². The average molecular weight is 280 g/mol. The van der Waals surface area contributed by atoms with Crippen LogP contribution in [0.2, 0.25) is 5.02 Å². The normalized spacial score (nSPS) is 26.4. The van der Waals surface area contributed by atoms with Crippen LogP contribution in [0.15, 0.2) is 18.2 Å². The van der Waals surface area contributed by atoms with Crippen LogP contribution >= 0.6 is 11.6 Å². The van der Waals surface area contributed by atoms with Crippen LogP contribution in [0.1, 0.15) is 43.9 Å². The molecule has 19 heavy (non-hydrogen) atoms.